The van der Waals surface area contributed by atoms with Gasteiger partial charge in [-0.05, 0) is 56.9 Å². The van der Waals surface area contributed by atoms with Gasteiger partial charge in [-0.25, -0.2) is 4.79 Å². The third kappa shape index (κ3) is 7.57. The Morgan fingerprint density at radius 1 is 0.853 bits per heavy atom. The van der Waals surface area contributed by atoms with Crippen LogP contribution < -0.4 is 19.5 Å². The molecule has 0 fully saturated rings. The molecule has 0 saturated carbocycles. The van der Waals surface area contributed by atoms with Gasteiger partial charge in [-0.15, -0.1) is 0 Å². The number of rotatable bonds is 10. The number of amides is 1. The van der Waals surface area contributed by atoms with Gasteiger partial charge in [0.1, 0.15) is 5.60 Å². The van der Waals surface area contributed by atoms with Crippen LogP contribution in [0.1, 0.15) is 31.9 Å². The molecule has 0 unspecified atom stereocenters. The topological polar surface area (TPSA) is 92.3 Å². The molecule has 2 aromatic carbocycles. The molecule has 0 spiro atoms. The van der Waals surface area contributed by atoms with Crippen LogP contribution >= 0.6 is 0 Å². The van der Waals surface area contributed by atoms with Crippen molar-refractivity contribution in [1.29, 1.82) is 0 Å². The Labute approximate surface area is 201 Å². The van der Waals surface area contributed by atoms with Gasteiger partial charge in [0, 0.05) is 6.04 Å². The van der Waals surface area contributed by atoms with Crippen molar-refractivity contribution < 1.29 is 33.3 Å². The van der Waals surface area contributed by atoms with Gasteiger partial charge in [-0.1, -0.05) is 30.3 Å². The number of hydrogen-bond donors (Lipinski definition) is 1. The maximum Gasteiger partial charge on any atom is 0.407 e. The summed E-state index contributed by atoms with van der Waals surface area (Å²) in [5, 5.41) is 2.89. The van der Waals surface area contributed by atoms with Crippen molar-refractivity contribution in [3.05, 3.63) is 53.6 Å². The van der Waals surface area contributed by atoms with E-state index in [1.807, 2.05) is 30.3 Å². The molecule has 0 bridgehead atoms. The number of benzene rings is 2. The van der Waals surface area contributed by atoms with E-state index < -0.39 is 29.6 Å². The zero-order valence-corrected chi connectivity index (χ0v) is 21.0. The number of methoxy groups -OCH3 is 4. The fraction of sp³-hybridized carbons (Fsp3) is 0.462. The molecule has 8 heteroatoms. The Morgan fingerprint density at radius 2 is 1.44 bits per heavy atom. The van der Waals surface area contributed by atoms with Crippen molar-refractivity contribution in [2.45, 2.75) is 45.3 Å². The zero-order chi connectivity index (χ0) is 25.3. The smallest absolute Gasteiger partial charge is 0.407 e. The van der Waals surface area contributed by atoms with Gasteiger partial charge in [-0.3, -0.25) is 4.79 Å². The first-order chi connectivity index (χ1) is 16.1. The molecule has 0 aliphatic carbocycles. The summed E-state index contributed by atoms with van der Waals surface area (Å²) in [5.74, 6) is 0.239. The van der Waals surface area contributed by atoms with Crippen LogP contribution in [0.3, 0.4) is 0 Å². The number of ether oxygens (including phenoxy) is 5. The molecule has 2 atom stereocenters. The average molecular weight is 474 g/mol. The second kappa shape index (κ2) is 12.2. The van der Waals surface area contributed by atoms with Crippen molar-refractivity contribution in [1.82, 2.24) is 5.32 Å². The number of carbonyl (C=O) groups excluding carboxylic acids is 2. The molecule has 0 aromatic heterocycles. The van der Waals surface area contributed by atoms with Crippen LogP contribution in [0.15, 0.2) is 42.5 Å². The maximum atomic E-state index is 12.9. The van der Waals surface area contributed by atoms with Crippen molar-refractivity contribution in [2.75, 3.05) is 28.4 Å². The highest BCUT2D eigenvalue weighted by Gasteiger charge is 2.33. The molecule has 8 nitrogen and oxygen atoms in total. The van der Waals surface area contributed by atoms with Crippen LogP contribution in [0.2, 0.25) is 0 Å². The monoisotopic (exact) mass is 473 g/mol. The number of hydrogen-bond acceptors (Lipinski definition) is 7. The highest BCUT2D eigenvalue weighted by Crippen LogP contribution is 2.39. The molecule has 0 aliphatic heterocycles. The van der Waals surface area contributed by atoms with Crippen molar-refractivity contribution in [3.63, 3.8) is 0 Å². The van der Waals surface area contributed by atoms with E-state index in [1.54, 1.807) is 32.9 Å². The zero-order valence-electron chi connectivity index (χ0n) is 21.0. The summed E-state index contributed by atoms with van der Waals surface area (Å²) in [6, 6.07) is 12.6. The SMILES string of the molecule is COC(=O)[C@@H](Cc1cc(OC)c(OC)c(OC)c1)[C@@H](Cc1ccccc1)NC(=O)OC(C)(C)C. The van der Waals surface area contributed by atoms with Gasteiger partial charge in [0.05, 0.1) is 34.4 Å². The first-order valence-corrected chi connectivity index (χ1v) is 11.0. The predicted octanol–water partition coefficient (Wildman–Crippen LogP) is 4.18. The van der Waals surface area contributed by atoms with E-state index in [-0.39, 0.29) is 6.42 Å². The van der Waals surface area contributed by atoms with Crippen LogP contribution in [0, 0.1) is 5.92 Å². The van der Waals surface area contributed by atoms with Crippen LogP contribution in [-0.4, -0.2) is 52.1 Å². The quantitative estimate of drug-likeness (QED) is 0.518. The van der Waals surface area contributed by atoms with E-state index >= 15 is 0 Å². The summed E-state index contributed by atoms with van der Waals surface area (Å²) in [5.41, 5.74) is 1.04. The van der Waals surface area contributed by atoms with Crippen molar-refractivity contribution in [2.24, 2.45) is 5.92 Å². The molecule has 1 amide bonds. The van der Waals surface area contributed by atoms with Gasteiger partial charge in [0.15, 0.2) is 11.5 Å². The summed E-state index contributed by atoms with van der Waals surface area (Å²) < 4.78 is 26.9. The van der Waals surface area contributed by atoms with Crippen LogP contribution in [0.5, 0.6) is 17.2 Å². The highest BCUT2D eigenvalue weighted by molar-refractivity contribution is 5.76. The molecule has 0 heterocycles. The minimum atomic E-state index is -0.708. The molecule has 2 rings (SSSR count). The third-order valence-corrected chi connectivity index (χ3v) is 5.17. The Hall–Kier alpha value is -3.42. The molecule has 1 N–H and O–H groups in total. The van der Waals surface area contributed by atoms with E-state index in [2.05, 4.69) is 5.32 Å². The molecule has 186 valence electrons. The number of carbonyl (C=O) groups is 2. The normalized spacial score (nSPS) is 12.8. The Bertz CT molecular complexity index is 928. The second-order valence-corrected chi connectivity index (χ2v) is 8.81. The summed E-state index contributed by atoms with van der Waals surface area (Å²) in [4.78, 5) is 25.6. The molecular formula is C26H35NO7. The van der Waals surface area contributed by atoms with Gasteiger partial charge in [-0.2, -0.15) is 0 Å². The number of esters is 1. The number of alkyl carbamates (subject to hydrolysis) is 1. The largest absolute Gasteiger partial charge is 0.493 e. The lowest BCUT2D eigenvalue weighted by atomic mass is 9.88. The Morgan fingerprint density at radius 3 is 1.91 bits per heavy atom. The maximum absolute atomic E-state index is 12.9. The molecule has 0 radical (unpaired) electrons. The van der Waals surface area contributed by atoms with E-state index in [0.717, 1.165) is 11.1 Å². The van der Waals surface area contributed by atoms with Gasteiger partial charge >= 0.3 is 12.1 Å². The highest BCUT2D eigenvalue weighted by atomic mass is 16.6. The molecule has 0 saturated heterocycles. The van der Waals surface area contributed by atoms with Gasteiger partial charge in [0.2, 0.25) is 5.75 Å². The summed E-state index contributed by atoms with van der Waals surface area (Å²) in [6.07, 6.45) is 0.0632. The standard InChI is InChI=1S/C26H35NO7/c1-26(2,3)34-25(29)27-20(14-17-11-9-8-10-12-17)19(24(28)33-7)13-18-15-21(30-4)23(32-6)22(16-18)31-5/h8-12,15-16,19-20H,13-14H2,1-7H3,(H,27,29)/t19-,20+/m0/s1. The summed E-state index contributed by atoms with van der Waals surface area (Å²) in [7, 11) is 5.91. The first-order valence-electron chi connectivity index (χ1n) is 11.0. The summed E-state index contributed by atoms with van der Waals surface area (Å²) >= 11 is 0. The van der Waals surface area contributed by atoms with Crippen molar-refractivity contribution in [3.8, 4) is 17.2 Å². The summed E-state index contributed by atoms with van der Waals surface area (Å²) in [6.45, 7) is 5.35. The van der Waals surface area contributed by atoms with Crippen LogP contribution in [-0.2, 0) is 27.1 Å². The lowest BCUT2D eigenvalue weighted by Crippen LogP contribution is -2.47. The minimum absolute atomic E-state index is 0.261. The van der Waals surface area contributed by atoms with E-state index in [1.165, 1.54) is 28.4 Å². The third-order valence-electron chi connectivity index (χ3n) is 5.17. The number of nitrogens with one attached hydrogen (secondary N) is 1. The van der Waals surface area contributed by atoms with Crippen LogP contribution in [0.25, 0.3) is 0 Å². The molecule has 0 aliphatic rings. The van der Waals surface area contributed by atoms with E-state index in [9.17, 15) is 9.59 Å². The fourth-order valence-electron chi connectivity index (χ4n) is 3.67. The average Bonchev–Trinajstić information content (AvgIpc) is 2.80. The Kier molecular flexibility index (Phi) is 9.59. The van der Waals surface area contributed by atoms with Gasteiger partial charge < -0.3 is 29.0 Å². The van der Waals surface area contributed by atoms with Crippen molar-refractivity contribution >= 4 is 12.1 Å². The fourth-order valence-corrected chi connectivity index (χ4v) is 3.67. The Balaban J connectivity index is 2.45. The lowest BCUT2D eigenvalue weighted by molar-refractivity contribution is -0.146. The minimum Gasteiger partial charge on any atom is -0.493 e. The second-order valence-electron chi connectivity index (χ2n) is 8.81. The first kappa shape index (κ1) is 26.8. The molecule has 34 heavy (non-hydrogen) atoms. The molecule has 2 aromatic rings. The van der Waals surface area contributed by atoms with E-state index in [4.69, 9.17) is 23.7 Å². The lowest BCUT2D eigenvalue weighted by Gasteiger charge is -2.28. The predicted molar refractivity (Wildman–Crippen MR) is 129 cm³/mol. The van der Waals surface area contributed by atoms with E-state index in [0.29, 0.717) is 23.7 Å². The van der Waals surface area contributed by atoms with Crippen LogP contribution in [0.4, 0.5) is 4.79 Å². The molecular weight excluding hydrogens is 438 g/mol. The van der Waals surface area contributed by atoms with Gasteiger partial charge in [0.25, 0.3) is 0 Å².